The lowest BCUT2D eigenvalue weighted by atomic mass is 9.97. The Bertz CT molecular complexity index is 578. The predicted molar refractivity (Wildman–Crippen MR) is 78.9 cm³/mol. The average molecular weight is 272 g/mol. The SMILES string of the molecule is CC(CC(=O)Nc1ccc(F)cc1)c1ccc(N)cc1. The number of anilines is 2. The minimum absolute atomic E-state index is 0.0936. The number of halogens is 1. The summed E-state index contributed by atoms with van der Waals surface area (Å²) in [5.41, 5.74) is 8.00. The second-order valence-corrected chi connectivity index (χ2v) is 4.83. The van der Waals surface area contributed by atoms with E-state index >= 15 is 0 Å². The Morgan fingerprint density at radius 1 is 1.15 bits per heavy atom. The first-order valence-corrected chi connectivity index (χ1v) is 6.45. The van der Waals surface area contributed by atoms with Crippen LogP contribution in [0.5, 0.6) is 0 Å². The maximum absolute atomic E-state index is 12.8. The van der Waals surface area contributed by atoms with Gasteiger partial charge in [-0.15, -0.1) is 0 Å². The van der Waals surface area contributed by atoms with E-state index in [1.807, 2.05) is 31.2 Å². The van der Waals surface area contributed by atoms with Crippen LogP contribution in [0.1, 0.15) is 24.8 Å². The molecule has 0 spiro atoms. The van der Waals surface area contributed by atoms with Crippen LogP contribution in [0.25, 0.3) is 0 Å². The molecule has 0 bridgehead atoms. The van der Waals surface area contributed by atoms with Crippen LogP contribution < -0.4 is 11.1 Å². The van der Waals surface area contributed by atoms with Crippen molar-refractivity contribution in [2.24, 2.45) is 0 Å². The van der Waals surface area contributed by atoms with Crippen molar-refractivity contribution in [2.45, 2.75) is 19.3 Å². The maximum Gasteiger partial charge on any atom is 0.224 e. The molecule has 0 radical (unpaired) electrons. The van der Waals surface area contributed by atoms with Gasteiger partial charge in [0.1, 0.15) is 5.82 Å². The van der Waals surface area contributed by atoms with Gasteiger partial charge < -0.3 is 11.1 Å². The van der Waals surface area contributed by atoms with Gasteiger partial charge in [-0.25, -0.2) is 4.39 Å². The monoisotopic (exact) mass is 272 g/mol. The first-order valence-electron chi connectivity index (χ1n) is 6.45. The lowest BCUT2D eigenvalue weighted by molar-refractivity contribution is -0.116. The summed E-state index contributed by atoms with van der Waals surface area (Å²) < 4.78 is 12.8. The lowest BCUT2D eigenvalue weighted by Crippen LogP contribution is -2.14. The number of carbonyl (C=O) groups is 1. The first kappa shape index (κ1) is 14.1. The normalized spacial score (nSPS) is 11.9. The zero-order valence-corrected chi connectivity index (χ0v) is 11.3. The third-order valence-corrected chi connectivity index (χ3v) is 3.13. The molecule has 2 rings (SSSR count). The largest absolute Gasteiger partial charge is 0.399 e. The Hall–Kier alpha value is -2.36. The van der Waals surface area contributed by atoms with Crippen LogP contribution in [0.15, 0.2) is 48.5 Å². The van der Waals surface area contributed by atoms with Crippen LogP contribution in [0.4, 0.5) is 15.8 Å². The summed E-state index contributed by atoms with van der Waals surface area (Å²) in [6.07, 6.45) is 0.362. The van der Waals surface area contributed by atoms with Crippen molar-refractivity contribution in [3.05, 3.63) is 59.9 Å². The third-order valence-electron chi connectivity index (χ3n) is 3.13. The highest BCUT2D eigenvalue weighted by Crippen LogP contribution is 2.21. The summed E-state index contributed by atoms with van der Waals surface area (Å²) >= 11 is 0. The molecule has 0 saturated carbocycles. The van der Waals surface area contributed by atoms with Crippen molar-refractivity contribution < 1.29 is 9.18 Å². The molecule has 1 amide bonds. The second-order valence-electron chi connectivity index (χ2n) is 4.83. The molecule has 3 N–H and O–H groups in total. The fourth-order valence-electron chi connectivity index (χ4n) is 1.97. The van der Waals surface area contributed by atoms with Crippen LogP contribution in [0.3, 0.4) is 0 Å². The molecule has 2 aromatic rings. The van der Waals surface area contributed by atoms with E-state index in [0.29, 0.717) is 17.8 Å². The van der Waals surface area contributed by atoms with Crippen molar-refractivity contribution in [3.8, 4) is 0 Å². The first-order chi connectivity index (χ1) is 9.54. The number of nitrogen functional groups attached to an aromatic ring is 1. The molecular formula is C16H17FN2O. The van der Waals surface area contributed by atoms with Gasteiger partial charge in [0.05, 0.1) is 0 Å². The van der Waals surface area contributed by atoms with Gasteiger partial charge in [-0.05, 0) is 47.9 Å². The van der Waals surface area contributed by atoms with Crippen molar-refractivity contribution in [2.75, 3.05) is 11.1 Å². The summed E-state index contributed by atoms with van der Waals surface area (Å²) in [7, 11) is 0. The fourth-order valence-corrected chi connectivity index (χ4v) is 1.97. The standard InChI is InChI=1S/C16H17FN2O/c1-11(12-2-6-14(18)7-3-12)10-16(20)19-15-8-4-13(17)5-9-15/h2-9,11H,10,18H2,1H3,(H,19,20). The van der Waals surface area contributed by atoms with Gasteiger partial charge in [-0.1, -0.05) is 19.1 Å². The number of hydrogen-bond donors (Lipinski definition) is 2. The molecule has 0 heterocycles. The molecule has 0 saturated heterocycles. The van der Waals surface area contributed by atoms with E-state index < -0.39 is 0 Å². The smallest absolute Gasteiger partial charge is 0.224 e. The molecular weight excluding hydrogens is 255 g/mol. The van der Waals surface area contributed by atoms with Gasteiger partial charge in [-0.3, -0.25) is 4.79 Å². The molecule has 0 fully saturated rings. The van der Waals surface area contributed by atoms with Crippen LogP contribution in [-0.4, -0.2) is 5.91 Å². The number of hydrogen-bond acceptors (Lipinski definition) is 2. The van der Waals surface area contributed by atoms with Crippen molar-refractivity contribution in [1.29, 1.82) is 0 Å². The molecule has 20 heavy (non-hydrogen) atoms. The van der Waals surface area contributed by atoms with E-state index in [-0.39, 0.29) is 17.6 Å². The Kier molecular flexibility index (Phi) is 4.35. The van der Waals surface area contributed by atoms with Gasteiger partial charge >= 0.3 is 0 Å². The summed E-state index contributed by atoms with van der Waals surface area (Å²) in [5, 5.41) is 2.75. The predicted octanol–water partition coefficient (Wildman–Crippen LogP) is 3.54. The van der Waals surface area contributed by atoms with Gasteiger partial charge in [0.25, 0.3) is 0 Å². The molecule has 0 aliphatic rings. The zero-order chi connectivity index (χ0) is 14.5. The van der Waals surface area contributed by atoms with Crippen molar-refractivity contribution in [3.63, 3.8) is 0 Å². The molecule has 3 nitrogen and oxygen atoms in total. The quantitative estimate of drug-likeness (QED) is 0.836. The number of carbonyl (C=O) groups excluding carboxylic acids is 1. The molecule has 2 aromatic carbocycles. The van der Waals surface area contributed by atoms with E-state index in [2.05, 4.69) is 5.32 Å². The van der Waals surface area contributed by atoms with Gasteiger partial charge in [0, 0.05) is 17.8 Å². The van der Waals surface area contributed by atoms with Crippen LogP contribution in [0, 0.1) is 5.82 Å². The van der Waals surface area contributed by atoms with E-state index in [4.69, 9.17) is 5.73 Å². The lowest BCUT2D eigenvalue weighted by Gasteiger charge is -2.12. The van der Waals surface area contributed by atoms with E-state index in [1.54, 1.807) is 12.1 Å². The van der Waals surface area contributed by atoms with E-state index in [1.165, 1.54) is 12.1 Å². The molecule has 4 heteroatoms. The maximum atomic E-state index is 12.8. The number of amides is 1. The number of nitrogens with two attached hydrogens (primary N) is 1. The average Bonchev–Trinajstić information content (AvgIpc) is 2.42. The highest BCUT2D eigenvalue weighted by Gasteiger charge is 2.11. The number of benzene rings is 2. The van der Waals surface area contributed by atoms with Gasteiger partial charge in [0.15, 0.2) is 0 Å². The molecule has 104 valence electrons. The number of nitrogens with one attached hydrogen (secondary N) is 1. The Morgan fingerprint density at radius 3 is 2.35 bits per heavy atom. The number of rotatable bonds is 4. The van der Waals surface area contributed by atoms with Crippen LogP contribution >= 0.6 is 0 Å². The minimum Gasteiger partial charge on any atom is -0.399 e. The minimum atomic E-state index is -0.321. The summed E-state index contributed by atoms with van der Waals surface area (Å²) in [6, 6.07) is 13.2. The van der Waals surface area contributed by atoms with Crippen molar-refractivity contribution in [1.82, 2.24) is 0 Å². The Labute approximate surface area is 117 Å². The van der Waals surface area contributed by atoms with Crippen molar-refractivity contribution >= 4 is 17.3 Å². The summed E-state index contributed by atoms with van der Waals surface area (Å²) in [5.74, 6) is -0.324. The molecule has 0 aromatic heterocycles. The van der Waals surface area contributed by atoms with Crippen LogP contribution in [-0.2, 0) is 4.79 Å². The summed E-state index contributed by atoms with van der Waals surface area (Å²) in [4.78, 5) is 11.9. The molecule has 0 aliphatic heterocycles. The molecule has 1 unspecified atom stereocenters. The van der Waals surface area contributed by atoms with E-state index in [9.17, 15) is 9.18 Å². The highest BCUT2D eigenvalue weighted by atomic mass is 19.1. The van der Waals surface area contributed by atoms with E-state index in [0.717, 1.165) is 5.56 Å². The molecule has 1 atom stereocenters. The highest BCUT2D eigenvalue weighted by molar-refractivity contribution is 5.91. The summed E-state index contributed by atoms with van der Waals surface area (Å²) in [6.45, 7) is 1.98. The third kappa shape index (κ3) is 3.82. The molecule has 0 aliphatic carbocycles. The topological polar surface area (TPSA) is 55.1 Å². The Morgan fingerprint density at radius 2 is 1.75 bits per heavy atom. The Balaban J connectivity index is 1.93. The van der Waals surface area contributed by atoms with Gasteiger partial charge in [-0.2, -0.15) is 0 Å². The van der Waals surface area contributed by atoms with Crippen LogP contribution in [0.2, 0.25) is 0 Å². The second kappa shape index (κ2) is 6.19. The van der Waals surface area contributed by atoms with Gasteiger partial charge in [0.2, 0.25) is 5.91 Å². The fraction of sp³-hybridized carbons (Fsp3) is 0.188. The zero-order valence-electron chi connectivity index (χ0n) is 11.3.